The minimum atomic E-state index is -0.593. The maximum atomic E-state index is 12.8. The highest BCUT2D eigenvalue weighted by Crippen LogP contribution is 2.45. The van der Waals surface area contributed by atoms with E-state index < -0.39 is 5.92 Å². The predicted octanol–water partition coefficient (Wildman–Crippen LogP) is 3.68. The van der Waals surface area contributed by atoms with Gasteiger partial charge < -0.3 is 19.8 Å². The van der Waals surface area contributed by atoms with Gasteiger partial charge >= 0.3 is 0 Å². The van der Waals surface area contributed by atoms with Gasteiger partial charge in [0.05, 0.1) is 19.6 Å². The number of nitrogens with zero attached hydrogens (tertiary/aromatic N) is 1. The number of aliphatic hydroxyl groups excluding tert-OH is 1. The van der Waals surface area contributed by atoms with E-state index in [9.17, 15) is 15.0 Å². The first-order valence-corrected chi connectivity index (χ1v) is 9.04. The Bertz CT molecular complexity index is 803. The second-order valence-electron chi connectivity index (χ2n) is 6.55. The van der Waals surface area contributed by atoms with E-state index >= 15 is 0 Å². The van der Waals surface area contributed by atoms with Gasteiger partial charge in [-0.25, -0.2) is 0 Å². The van der Waals surface area contributed by atoms with E-state index in [4.69, 9.17) is 4.74 Å². The Hall–Kier alpha value is -2.53. The number of unbranched alkanes of at least 4 members (excludes halogenated alkanes) is 2. The van der Waals surface area contributed by atoms with E-state index in [2.05, 4.69) is 6.92 Å². The van der Waals surface area contributed by atoms with E-state index in [0.717, 1.165) is 36.1 Å². The van der Waals surface area contributed by atoms with Crippen LogP contribution in [0, 0.1) is 0 Å². The summed E-state index contributed by atoms with van der Waals surface area (Å²) < 4.78 is 5.15. The molecular weight excluding hydrogens is 330 g/mol. The third-order valence-electron chi connectivity index (χ3n) is 4.95. The van der Waals surface area contributed by atoms with Gasteiger partial charge in [-0.1, -0.05) is 31.9 Å². The Morgan fingerprint density at radius 2 is 1.96 bits per heavy atom. The molecule has 0 saturated carbocycles. The lowest BCUT2D eigenvalue weighted by Crippen LogP contribution is -2.30. The molecule has 0 saturated heterocycles. The molecule has 5 nitrogen and oxygen atoms in total. The zero-order valence-corrected chi connectivity index (χ0v) is 15.2. The zero-order chi connectivity index (χ0) is 18.7. The van der Waals surface area contributed by atoms with Crippen LogP contribution in [0.3, 0.4) is 0 Å². The molecule has 1 amide bonds. The van der Waals surface area contributed by atoms with Crippen molar-refractivity contribution in [1.82, 2.24) is 0 Å². The average molecular weight is 355 g/mol. The number of aromatic hydroxyl groups is 1. The molecule has 0 fully saturated rings. The number of benzene rings is 2. The number of fused-ring (bicyclic) bond motifs is 1. The third-order valence-corrected chi connectivity index (χ3v) is 4.95. The summed E-state index contributed by atoms with van der Waals surface area (Å²) in [6.07, 6.45) is 3.07. The first-order chi connectivity index (χ1) is 12.6. The van der Waals surface area contributed by atoms with Crippen LogP contribution in [0.5, 0.6) is 11.5 Å². The highest BCUT2D eigenvalue weighted by Gasteiger charge is 2.38. The van der Waals surface area contributed by atoms with E-state index in [-0.39, 0.29) is 18.3 Å². The minimum absolute atomic E-state index is 0.0703. The fraction of sp³-hybridized carbons (Fsp3) is 0.381. The van der Waals surface area contributed by atoms with Crippen LogP contribution in [0.1, 0.15) is 37.7 Å². The van der Waals surface area contributed by atoms with Gasteiger partial charge in [0.25, 0.3) is 0 Å². The Morgan fingerprint density at radius 3 is 2.62 bits per heavy atom. The van der Waals surface area contributed by atoms with Crippen molar-refractivity contribution in [3.05, 3.63) is 42.0 Å². The van der Waals surface area contributed by atoms with Gasteiger partial charge in [0.1, 0.15) is 11.5 Å². The molecule has 1 atom stereocenters. The maximum Gasteiger partial charge on any atom is 0.236 e. The minimum Gasteiger partial charge on any atom is -0.507 e. The Labute approximate surface area is 153 Å². The Kier molecular flexibility index (Phi) is 5.47. The number of carbonyl (C=O) groups is 1. The number of hydrogen-bond acceptors (Lipinski definition) is 4. The van der Waals surface area contributed by atoms with Crippen molar-refractivity contribution in [1.29, 1.82) is 0 Å². The number of aliphatic hydroxyl groups is 1. The number of carbonyl (C=O) groups excluding carboxylic acids is 1. The van der Waals surface area contributed by atoms with E-state index in [1.807, 2.05) is 18.2 Å². The molecule has 1 heterocycles. The van der Waals surface area contributed by atoms with Crippen molar-refractivity contribution in [3.63, 3.8) is 0 Å². The second-order valence-corrected chi connectivity index (χ2v) is 6.55. The SMILES string of the molecule is CCCCCN1C(=O)C(CO)c2c(-c3ccc(OC)cc3O)cccc21. The molecule has 2 aromatic rings. The van der Waals surface area contributed by atoms with Crippen LogP contribution in [0.15, 0.2) is 36.4 Å². The molecule has 0 spiro atoms. The summed E-state index contributed by atoms with van der Waals surface area (Å²) in [6.45, 7) is 2.53. The van der Waals surface area contributed by atoms with Gasteiger partial charge in [0.2, 0.25) is 5.91 Å². The molecule has 2 N–H and O–H groups in total. The molecule has 26 heavy (non-hydrogen) atoms. The van der Waals surface area contributed by atoms with Crippen LogP contribution in [0.2, 0.25) is 0 Å². The first-order valence-electron chi connectivity index (χ1n) is 9.04. The van der Waals surface area contributed by atoms with Crippen molar-refractivity contribution in [2.24, 2.45) is 0 Å². The number of rotatable bonds is 7. The van der Waals surface area contributed by atoms with Crippen LogP contribution in [0.25, 0.3) is 11.1 Å². The summed E-state index contributed by atoms with van der Waals surface area (Å²) in [6, 6.07) is 10.8. The number of phenolic OH excluding ortho intramolecular Hbond substituents is 1. The van der Waals surface area contributed by atoms with Gasteiger partial charge in [0, 0.05) is 23.9 Å². The van der Waals surface area contributed by atoms with Crippen molar-refractivity contribution in [2.45, 2.75) is 32.1 Å². The van der Waals surface area contributed by atoms with Crippen LogP contribution < -0.4 is 9.64 Å². The summed E-state index contributed by atoms with van der Waals surface area (Å²) in [5.41, 5.74) is 3.02. The molecule has 0 radical (unpaired) electrons. The van der Waals surface area contributed by atoms with Crippen LogP contribution in [0.4, 0.5) is 5.69 Å². The summed E-state index contributed by atoms with van der Waals surface area (Å²) in [7, 11) is 1.54. The van der Waals surface area contributed by atoms with Gasteiger partial charge in [-0.2, -0.15) is 0 Å². The molecule has 1 aliphatic heterocycles. The van der Waals surface area contributed by atoms with Crippen molar-refractivity contribution in [2.75, 3.05) is 25.2 Å². The number of ether oxygens (including phenoxy) is 1. The lowest BCUT2D eigenvalue weighted by atomic mass is 9.91. The van der Waals surface area contributed by atoms with E-state index in [1.54, 1.807) is 30.2 Å². The second kappa shape index (κ2) is 7.79. The first kappa shape index (κ1) is 18.3. The summed E-state index contributed by atoms with van der Waals surface area (Å²) in [5.74, 6) is -0.00972. The number of amides is 1. The highest BCUT2D eigenvalue weighted by atomic mass is 16.5. The number of methoxy groups -OCH3 is 1. The molecule has 0 aliphatic carbocycles. The fourth-order valence-corrected chi connectivity index (χ4v) is 3.61. The number of phenols is 1. The normalized spacial score (nSPS) is 16.0. The fourth-order valence-electron chi connectivity index (χ4n) is 3.61. The molecule has 1 unspecified atom stereocenters. The molecule has 138 valence electrons. The quantitative estimate of drug-likeness (QED) is 0.743. The van der Waals surface area contributed by atoms with Crippen LogP contribution >= 0.6 is 0 Å². The lowest BCUT2D eigenvalue weighted by molar-refractivity contribution is -0.120. The zero-order valence-electron chi connectivity index (χ0n) is 15.2. The van der Waals surface area contributed by atoms with Gasteiger partial charge in [-0.3, -0.25) is 4.79 Å². The summed E-state index contributed by atoms with van der Waals surface area (Å²) >= 11 is 0. The third kappa shape index (κ3) is 3.15. The van der Waals surface area contributed by atoms with Gasteiger partial charge in [-0.15, -0.1) is 0 Å². The standard InChI is InChI=1S/C21H25NO4/c1-3-4-5-11-22-18-8-6-7-16(20(18)17(13-23)21(22)25)15-10-9-14(26-2)12-19(15)24/h6-10,12,17,23-24H,3-5,11,13H2,1-2H3. The largest absolute Gasteiger partial charge is 0.507 e. The molecule has 0 aromatic heterocycles. The van der Waals surface area contributed by atoms with E-state index in [1.165, 1.54) is 0 Å². The highest BCUT2D eigenvalue weighted by molar-refractivity contribution is 6.07. The van der Waals surface area contributed by atoms with Crippen LogP contribution in [-0.2, 0) is 4.79 Å². The maximum absolute atomic E-state index is 12.8. The van der Waals surface area contributed by atoms with Gasteiger partial charge in [0.15, 0.2) is 0 Å². The average Bonchev–Trinajstić information content (AvgIpc) is 2.93. The molecule has 0 bridgehead atoms. The summed E-state index contributed by atoms with van der Waals surface area (Å²) in [5, 5.41) is 20.3. The van der Waals surface area contributed by atoms with Crippen molar-refractivity contribution in [3.8, 4) is 22.6 Å². The molecule has 3 rings (SSSR count). The number of hydrogen-bond donors (Lipinski definition) is 2. The van der Waals surface area contributed by atoms with Crippen LogP contribution in [-0.4, -0.2) is 36.4 Å². The Balaban J connectivity index is 2.07. The predicted molar refractivity (Wildman–Crippen MR) is 102 cm³/mol. The monoisotopic (exact) mass is 355 g/mol. The topological polar surface area (TPSA) is 70.0 Å². The van der Waals surface area contributed by atoms with E-state index in [0.29, 0.717) is 17.9 Å². The Morgan fingerprint density at radius 1 is 1.15 bits per heavy atom. The lowest BCUT2D eigenvalue weighted by Gasteiger charge is -2.18. The molecule has 5 heteroatoms. The van der Waals surface area contributed by atoms with Crippen molar-refractivity contribution < 1.29 is 19.7 Å². The summed E-state index contributed by atoms with van der Waals surface area (Å²) in [4.78, 5) is 14.6. The molecular formula is C21H25NO4. The molecule has 2 aromatic carbocycles. The molecule has 1 aliphatic rings. The number of anilines is 1. The van der Waals surface area contributed by atoms with Gasteiger partial charge in [-0.05, 0) is 35.7 Å². The smallest absolute Gasteiger partial charge is 0.236 e. The van der Waals surface area contributed by atoms with Crippen molar-refractivity contribution >= 4 is 11.6 Å².